The molecule has 0 radical (unpaired) electrons. The van der Waals surface area contributed by atoms with E-state index < -0.39 is 0 Å². The zero-order valence-corrected chi connectivity index (χ0v) is 22.8. The third-order valence-electron chi connectivity index (χ3n) is 8.58. The molecule has 0 saturated carbocycles. The molecule has 42 heavy (non-hydrogen) atoms. The van der Waals surface area contributed by atoms with Gasteiger partial charge >= 0.3 is 0 Å². The lowest BCUT2D eigenvalue weighted by atomic mass is 10.0. The minimum Gasteiger partial charge on any atom is -0.317 e. The molecule has 0 bridgehead atoms. The maximum absolute atomic E-state index is 4.51. The summed E-state index contributed by atoms with van der Waals surface area (Å²) in [5, 5.41) is 8.63. The zero-order chi connectivity index (χ0) is 27.6. The number of rotatable bonds is 3. The van der Waals surface area contributed by atoms with Crippen LogP contribution in [0.15, 0.2) is 152 Å². The van der Waals surface area contributed by atoms with Crippen molar-refractivity contribution < 1.29 is 0 Å². The Morgan fingerprint density at radius 2 is 1.17 bits per heavy atom. The van der Waals surface area contributed by atoms with Gasteiger partial charge in [-0.1, -0.05) is 72.8 Å². The highest BCUT2D eigenvalue weighted by molar-refractivity contribution is 6.15. The van der Waals surface area contributed by atoms with E-state index in [0.717, 1.165) is 16.6 Å². The summed E-state index contributed by atoms with van der Waals surface area (Å²) in [7, 11) is 0. The van der Waals surface area contributed by atoms with Crippen LogP contribution in [0.2, 0.25) is 0 Å². The molecule has 0 saturated heterocycles. The van der Waals surface area contributed by atoms with Gasteiger partial charge in [0, 0.05) is 57.1 Å². The number of benzene rings is 6. The average Bonchev–Trinajstić information content (AvgIpc) is 3.61. The predicted octanol–water partition coefficient (Wildman–Crippen LogP) is 10.1. The van der Waals surface area contributed by atoms with Crippen LogP contribution in [0.1, 0.15) is 0 Å². The van der Waals surface area contributed by atoms with Crippen LogP contribution in [0.4, 0.5) is 0 Å². The number of nitrogens with zero attached hydrogens (tertiary/aromatic N) is 3. The van der Waals surface area contributed by atoms with E-state index in [2.05, 4.69) is 154 Å². The van der Waals surface area contributed by atoms with E-state index in [4.69, 9.17) is 0 Å². The molecule has 0 atom stereocenters. The molecule has 0 aliphatic rings. The molecule has 0 aliphatic heterocycles. The fraction of sp³-hybridized carbons (Fsp3) is 0. The molecule has 3 aromatic heterocycles. The van der Waals surface area contributed by atoms with Crippen molar-refractivity contribution in [2.24, 2.45) is 0 Å². The van der Waals surface area contributed by atoms with Gasteiger partial charge in [-0.25, -0.2) is 0 Å². The Bertz CT molecular complexity index is 2440. The third kappa shape index (κ3) is 3.44. The zero-order valence-electron chi connectivity index (χ0n) is 22.8. The number of hydrogen-bond acceptors (Lipinski definition) is 1. The van der Waals surface area contributed by atoms with Gasteiger partial charge < -0.3 is 9.13 Å². The van der Waals surface area contributed by atoms with Gasteiger partial charge in [0.2, 0.25) is 0 Å². The summed E-state index contributed by atoms with van der Waals surface area (Å²) >= 11 is 0. The van der Waals surface area contributed by atoms with Crippen LogP contribution in [-0.4, -0.2) is 14.1 Å². The van der Waals surface area contributed by atoms with Gasteiger partial charge in [0.15, 0.2) is 0 Å². The van der Waals surface area contributed by atoms with E-state index in [1.807, 2.05) is 12.4 Å². The monoisotopic (exact) mass is 535 g/mol. The Hall–Kier alpha value is -5.67. The highest BCUT2D eigenvalue weighted by Gasteiger charge is 2.15. The first kappa shape index (κ1) is 23.1. The normalized spacial score (nSPS) is 11.8. The van der Waals surface area contributed by atoms with Crippen LogP contribution >= 0.6 is 0 Å². The smallest absolute Gasteiger partial charge is 0.0547 e. The van der Waals surface area contributed by atoms with E-state index in [-0.39, 0.29) is 0 Å². The first-order valence-corrected chi connectivity index (χ1v) is 14.3. The number of aromatic nitrogens is 3. The van der Waals surface area contributed by atoms with E-state index in [0.29, 0.717) is 0 Å². The summed E-state index contributed by atoms with van der Waals surface area (Å²) in [6.45, 7) is 0. The van der Waals surface area contributed by atoms with Crippen molar-refractivity contribution in [3.05, 3.63) is 152 Å². The van der Waals surface area contributed by atoms with Gasteiger partial charge in [0.25, 0.3) is 0 Å². The summed E-state index contributed by atoms with van der Waals surface area (Å²) in [5.41, 5.74) is 8.26. The Balaban J connectivity index is 1.25. The molecule has 196 valence electrons. The van der Waals surface area contributed by atoms with Gasteiger partial charge in [-0.05, 0) is 82.4 Å². The Morgan fingerprint density at radius 3 is 2.05 bits per heavy atom. The summed E-state index contributed by atoms with van der Waals surface area (Å²) in [4.78, 5) is 4.51. The first-order valence-electron chi connectivity index (χ1n) is 14.3. The van der Waals surface area contributed by atoms with Crippen molar-refractivity contribution in [2.45, 2.75) is 0 Å². The topological polar surface area (TPSA) is 22.8 Å². The lowest BCUT2D eigenvalue weighted by Crippen LogP contribution is -1.94. The van der Waals surface area contributed by atoms with E-state index in [1.54, 1.807) is 0 Å². The largest absolute Gasteiger partial charge is 0.317 e. The molecule has 0 N–H and O–H groups in total. The van der Waals surface area contributed by atoms with Crippen molar-refractivity contribution in [2.75, 3.05) is 0 Å². The lowest BCUT2D eigenvalue weighted by molar-refractivity contribution is 1.13. The number of hydrogen-bond donors (Lipinski definition) is 0. The second kappa shape index (κ2) is 8.92. The van der Waals surface area contributed by atoms with Crippen LogP contribution in [0.25, 0.3) is 76.8 Å². The summed E-state index contributed by atoms with van der Waals surface area (Å²) in [6, 6.07) is 48.2. The molecule has 9 aromatic rings. The molecule has 0 fully saturated rings. The standard InChI is InChI=1S/C39H25N3/c1-2-9-31(10-3-1)41-19-18-27-20-29-21-35-34-12-6-7-13-37(34)42(39(35)23-30(29)22-38(27)41)32-16-14-26(15-17-32)36-25-40-24-28-8-4-5-11-33(28)36/h1-25H. The molecule has 6 aromatic carbocycles. The van der Waals surface area contributed by atoms with Crippen molar-refractivity contribution in [1.82, 2.24) is 14.1 Å². The fourth-order valence-electron chi connectivity index (χ4n) is 6.58. The van der Waals surface area contributed by atoms with E-state index in [1.165, 1.54) is 60.1 Å². The molecule has 3 nitrogen and oxygen atoms in total. The molecule has 0 spiro atoms. The highest BCUT2D eigenvalue weighted by atomic mass is 15.0. The maximum Gasteiger partial charge on any atom is 0.0547 e. The van der Waals surface area contributed by atoms with Gasteiger partial charge in [-0.3, -0.25) is 4.98 Å². The molecule has 3 heteroatoms. The van der Waals surface area contributed by atoms with Crippen LogP contribution in [0.5, 0.6) is 0 Å². The first-order chi connectivity index (χ1) is 20.8. The average molecular weight is 536 g/mol. The van der Waals surface area contributed by atoms with Crippen LogP contribution in [-0.2, 0) is 0 Å². The Labute approximate surface area is 242 Å². The quantitative estimate of drug-likeness (QED) is 0.221. The summed E-state index contributed by atoms with van der Waals surface area (Å²) in [6.07, 6.45) is 6.07. The summed E-state index contributed by atoms with van der Waals surface area (Å²) < 4.78 is 4.67. The fourth-order valence-corrected chi connectivity index (χ4v) is 6.58. The lowest BCUT2D eigenvalue weighted by Gasteiger charge is -2.11. The van der Waals surface area contributed by atoms with Gasteiger partial charge in [-0.2, -0.15) is 0 Å². The van der Waals surface area contributed by atoms with Gasteiger partial charge in [0.05, 0.1) is 16.6 Å². The van der Waals surface area contributed by atoms with Gasteiger partial charge in [-0.15, -0.1) is 0 Å². The van der Waals surface area contributed by atoms with E-state index in [9.17, 15) is 0 Å². The van der Waals surface area contributed by atoms with Crippen molar-refractivity contribution in [1.29, 1.82) is 0 Å². The second-order valence-corrected chi connectivity index (χ2v) is 11.0. The van der Waals surface area contributed by atoms with Crippen molar-refractivity contribution in [3.8, 4) is 22.5 Å². The SMILES string of the molecule is c1ccc(-n2ccc3cc4cc5c6ccccc6n(-c6ccc(-c7cncc8ccccc78)cc6)c5cc4cc32)cc1. The molecule has 0 aliphatic carbocycles. The van der Waals surface area contributed by atoms with E-state index >= 15 is 0 Å². The highest BCUT2D eigenvalue weighted by Crippen LogP contribution is 2.37. The minimum atomic E-state index is 1.14. The third-order valence-corrected chi connectivity index (χ3v) is 8.58. The maximum atomic E-state index is 4.51. The Kier molecular flexibility index (Phi) is 4.90. The molecular weight excluding hydrogens is 510 g/mol. The summed E-state index contributed by atoms with van der Waals surface area (Å²) in [5.74, 6) is 0. The van der Waals surface area contributed by atoms with Crippen LogP contribution in [0, 0.1) is 0 Å². The molecule has 0 unspecified atom stereocenters. The molecule has 0 amide bonds. The van der Waals surface area contributed by atoms with Crippen LogP contribution in [0.3, 0.4) is 0 Å². The Morgan fingerprint density at radius 1 is 0.429 bits per heavy atom. The molecular formula is C39H25N3. The number of pyridine rings is 1. The number of fused-ring (bicyclic) bond motifs is 6. The predicted molar refractivity (Wildman–Crippen MR) is 176 cm³/mol. The van der Waals surface area contributed by atoms with Gasteiger partial charge in [0.1, 0.15) is 0 Å². The molecule has 3 heterocycles. The van der Waals surface area contributed by atoms with Crippen LogP contribution < -0.4 is 0 Å². The van der Waals surface area contributed by atoms with Crippen molar-refractivity contribution in [3.63, 3.8) is 0 Å². The minimum absolute atomic E-state index is 1.14. The van der Waals surface area contributed by atoms with Crippen molar-refractivity contribution >= 4 is 54.3 Å². The second-order valence-electron chi connectivity index (χ2n) is 11.0. The number of para-hydroxylation sites is 2. The molecule has 9 rings (SSSR count).